The minimum absolute atomic E-state index is 1.16. The number of hydrogen-bond donors (Lipinski definition) is 1. The quantitative estimate of drug-likeness (QED) is 0.700. The second-order valence-electron chi connectivity index (χ2n) is 2.78. The Labute approximate surface area is 73.6 Å². The largest absolute Gasteiger partial charge is 0.387 e. The molecule has 0 saturated carbocycles. The highest BCUT2D eigenvalue weighted by Crippen LogP contribution is 2.26. The van der Waals surface area contributed by atoms with Gasteiger partial charge in [0.25, 0.3) is 0 Å². The first-order valence-electron chi connectivity index (χ1n) is 4.47. The Morgan fingerprint density at radius 1 is 1.45 bits per heavy atom. The molecule has 1 aliphatic heterocycles. The van der Waals surface area contributed by atoms with Crippen LogP contribution < -0.4 is 5.32 Å². The normalized spacial score (nSPS) is 18.4. The molecule has 1 N–H and O–H groups in total. The molecule has 0 bridgehead atoms. The Balaban J connectivity index is 2.57. The van der Waals surface area contributed by atoms with Gasteiger partial charge >= 0.3 is 0 Å². The van der Waals surface area contributed by atoms with E-state index < -0.39 is 0 Å². The first kappa shape index (κ1) is 8.98. The van der Waals surface area contributed by atoms with Crippen LogP contribution in [-0.4, -0.2) is 12.3 Å². The molecule has 0 fully saturated rings. The fourth-order valence-electron chi connectivity index (χ4n) is 1.36. The lowest BCUT2D eigenvalue weighted by atomic mass is 10.2. The Bertz CT molecular complexity index is 152. The van der Waals surface area contributed by atoms with Crippen molar-refractivity contribution in [2.75, 3.05) is 12.3 Å². The average molecular weight is 171 g/mol. The maximum absolute atomic E-state index is 3.48. The van der Waals surface area contributed by atoms with E-state index in [9.17, 15) is 0 Å². The summed E-state index contributed by atoms with van der Waals surface area (Å²) in [6.45, 7) is 5.63. The molecule has 64 valence electrons. The van der Waals surface area contributed by atoms with E-state index in [0.29, 0.717) is 0 Å². The third-order valence-electron chi connectivity index (χ3n) is 1.87. The van der Waals surface area contributed by atoms with Gasteiger partial charge in [0.15, 0.2) is 0 Å². The second-order valence-corrected chi connectivity index (χ2v) is 3.97. The third kappa shape index (κ3) is 2.44. The van der Waals surface area contributed by atoms with Crippen LogP contribution in [0.15, 0.2) is 10.6 Å². The predicted molar refractivity (Wildman–Crippen MR) is 52.7 cm³/mol. The molecule has 0 radical (unpaired) electrons. The molecule has 0 aromatic carbocycles. The minimum atomic E-state index is 1.16. The molecule has 0 amide bonds. The second kappa shape index (κ2) is 4.70. The molecule has 0 atom stereocenters. The molecule has 0 spiro atoms. The van der Waals surface area contributed by atoms with E-state index in [0.717, 1.165) is 6.54 Å². The van der Waals surface area contributed by atoms with Crippen LogP contribution in [0.3, 0.4) is 0 Å². The molecule has 1 rings (SSSR count). The average Bonchev–Trinajstić information content (AvgIpc) is 2.06. The van der Waals surface area contributed by atoms with E-state index in [1.165, 1.54) is 30.7 Å². The SMILES string of the molecule is CCCC1=C(CC)SCCN1. The van der Waals surface area contributed by atoms with Crippen LogP contribution in [0.5, 0.6) is 0 Å². The summed E-state index contributed by atoms with van der Waals surface area (Å²) < 4.78 is 0. The molecular formula is C9H17NS. The predicted octanol–water partition coefficient (Wildman–Crippen LogP) is 2.74. The summed E-state index contributed by atoms with van der Waals surface area (Å²) in [4.78, 5) is 1.58. The van der Waals surface area contributed by atoms with Gasteiger partial charge in [-0.05, 0) is 12.8 Å². The van der Waals surface area contributed by atoms with Crippen molar-refractivity contribution in [1.29, 1.82) is 0 Å². The van der Waals surface area contributed by atoms with Gasteiger partial charge < -0.3 is 5.32 Å². The maximum atomic E-state index is 3.48. The lowest BCUT2D eigenvalue weighted by molar-refractivity contribution is 0.746. The summed E-state index contributed by atoms with van der Waals surface area (Å²) >= 11 is 2.03. The van der Waals surface area contributed by atoms with E-state index in [4.69, 9.17) is 0 Å². The van der Waals surface area contributed by atoms with E-state index >= 15 is 0 Å². The number of allylic oxidation sites excluding steroid dienone is 2. The van der Waals surface area contributed by atoms with Crippen molar-refractivity contribution in [2.24, 2.45) is 0 Å². The van der Waals surface area contributed by atoms with Gasteiger partial charge in [0, 0.05) is 22.9 Å². The fourth-order valence-corrected chi connectivity index (χ4v) is 2.36. The Kier molecular flexibility index (Phi) is 3.84. The van der Waals surface area contributed by atoms with Crippen molar-refractivity contribution < 1.29 is 0 Å². The summed E-state index contributed by atoms with van der Waals surface area (Å²) in [5, 5.41) is 3.48. The topological polar surface area (TPSA) is 12.0 Å². The first-order valence-corrected chi connectivity index (χ1v) is 5.45. The van der Waals surface area contributed by atoms with Crippen molar-refractivity contribution in [2.45, 2.75) is 33.1 Å². The number of hydrogen-bond acceptors (Lipinski definition) is 2. The molecule has 11 heavy (non-hydrogen) atoms. The highest BCUT2D eigenvalue weighted by molar-refractivity contribution is 8.03. The summed E-state index contributed by atoms with van der Waals surface area (Å²) in [7, 11) is 0. The Morgan fingerprint density at radius 3 is 2.91 bits per heavy atom. The van der Waals surface area contributed by atoms with Crippen molar-refractivity contribution in [1.82, 2.24) is 5.32 Å². The first-order chi connectivity index (χ1) is 5.38. The van der Waals surface area contributed by atoms with Gasteiger partial charge in [-0.3, -0.25) is 0 Å². The summed E-state index contributed by atoms with van der Waals surface area (Å²) in [6.07, 6.45) is 3.69. The molecule has 1 nitrogen and oxygen atoms in total. The number of nitrogens with one attached hydrogen (secondary N) is 1. The Hall–Kier alpha value is -0.110. The monoisotopic (exact) mass is 171 g/mol. The molecule has 0 aromatic heterocycles. The van der Waals surface area contributed by atoms with Gasteiger partial charge in [-0.25, -0.2) is 0 Å². The molecule has 1 heterocycles. The van der Waals surface area contributed by atoms with Gasteiger partial charge in [-0.1, -0.05) is 20.3 Å². The van der Waals surface area contributed by atoms with E-state index in [-0.39, 0.29) is 0 Å². The van der Waals surface area contributed by atoms with Crippen molar-refractivity contribution >= 4 is 11.8 Å². The maximum Gasteiger partial charge on any atom is 0.0238 e. The molecule has 0 saturated heterocycles. The molecular weight excluding hydrogens is 154 g/mol. The summed E-state index contributed by atoms with van der Waals surface area (Å²) in [5.41, 5.74) is 1.51. The molecule has 0 unspecified atom stereocenters. The van der Waals surface area contributed by atoms with Crippen LogP contribution in [0.2, 0.25) is 0 Å². The van der Waals surface area contributed by atoms with Crippen LogP contribution in [0.1, 0.15) is 33.1 Å². The zero-order chi connectivity index (χ0) is 8.10. The van der Waals surface area contributed by atoms with Crippen LogP contribution in [0.4, 0.5) is 0 Å². The zero-order valence-corrected chi connectivity index (χ0v) is 8.26. The van der Waals surface area contributed by atoms with Gasteiger partial charge in [0.05, 0.1) is 0 Å². The molecule has 0 aromatic rings. The van der Waals surface area contributed by atoms with Crippen LogP contribution in [0.25, 0.3) is 0 Å². The van der Waals surface area contributed by atoms with Crippen molar-refractivity contribution in [3.8, 4) is 0 Å². The molecule has 1 aliphatic rings. The van der Waals surface area contributed by atoms with E-state index in [1.807, 2.05) is 11.8 Å². The van der Waals surface area contributed by atoms with Crippen LogP contribution in [0, 0.1) is 0 Å². The van der Waals surface area contributed by atoms with Gasteiger partial charge in [0.1, 0.15) is 0 Å². The third-order valence-corrected chi connectivity index (χ3v) is 3.17. The van der Waals surface area contributed by atoms with E-state index in [2.05, 4.69) is 19.2 Å². The van der Waals surface area contributed by atoms with E-state index in [1.54, 1.807) is 4.91 Å². The standard InChI is InChI=1S/C9H17NS/c1-3-5-8-9(4-2)11-7-6-10-8/h10H,3-7H2,1-2H3. The molecule has 2 heteroatoms. The van der Waals surface area contributed by atoms with Crippen LogP contribution in [-0.2, 0) is 0 Å². The molecule has 0 aliphatic carbocycles. The lowest BCUT2D eigenvalue weighted by Gasteiger charge is -2.20. The Morgan fingerprint density at radius 2 is 2.27 bits per heavy atom. The lowest BCUT2D eigenvalue weighted by Crippen LogP contribution is -2.22. The fraction of sp³-hybridized carbons (Fsp3) is 0.778. The summed E-state index contributed by atoms with van der Waals surface area (Å²) in [6, 6.07) is 0. The van der Waals surface area contributed by atoms with Gasteiger partial charge in [-0.2, -0.15) is 0 Å². The summed E-state index contributed by atoms with van der Waals surface area (Å²) in [5.74, 6) is 1.25. The zero-order valence-electron chi connectivity index (χ0n) is 7.44. The van der Waals surface area contributed by atoms with Gasteiger partial charge in [-0.15, -0.1) is 11.8 Å². The highest BCUT2D eigenvalue weighted by atomic mass is 32.2. The minimum Gasteiger partial charge on any atom is -0.387 e. The number of thioether (sulfide) groups is 1. The smallest absolute Gasteiger partial charge is 0.0238 e. The van der Waals surface area contributed by atoms with Crippen molar-refractivity contribution in [3.05, 3.63) is 10.6 Å². The van der Waals surface area contributed by atoms with Gasteiger partial charge in [0.2, 0.25) is 0 Å². The number of rotatable bonds is 3. The highest BCUT2D eigenvalue weighted by Gasteiger charge is 2.09. The van der Waals surface area contributed by atoms with Crippen molar-refractivity contribution in [3.63, 3.8) is 0 Å². The van der Waals surface area contributed by atoms with Crippen LogP contribution >= 0.6 is 11.8 Å².